The van der Waals surface area contributed by atoms with Crippen LogP contribution in [0.5, 0.6) is 0 Å². The Morgan fingerprint density at radius 3 is 1.06 bits per heavy atom. The number of unbranched alkanes of at least 4 members (excludes halogenated alkanes) is 4. The zero-order valence-electron chi connectivity index (χ0n) is 32.8. The Morgan fingerprint density at radius 1 is 0.396 bits per heavy atom. The summed E-state index contributed by atoms with van der Waals surface area (Å²) in [6.45, 7) is 16.8. The van der Waals surface area contributed by atoms with Gasteiger partial charge in [0.25, 0.3) is 0 Å². The van der Waals surface area contributed by atoms with Crippen molar-refractivity contribution in [1.82, 2.24) is 0 Å². The smallest absolute Gasteiger partial charge is 0.338 e. The first-order chi connectivity index (χ1) is 26.3. The molecular formula is C39H71NO13. The van der Waals surface area contributed by atoms with Crippen molar-refractivity contribution in [3.05, 3.63) is 29.8 Å². The maximum atomic E-state index is 12.1. The summed E-state index contributed by atoms with van der Waals surface area (Å²) in [4.78, 5) is 12.1. The summed E-state index contributed by atoms with van der Waals surface area (Å²) >= 11 is 0. The van der Waals surface area contributed by atoms with E-state index >= 15 is 0 Å². The molecule has 0 aliphatic rings. The third-order valence-corrected chi connectivity index (χ3v) is 7.30. The molecule has 0 aliphatic carbocycles. The Balaban J connectivity index is 1.67. The standard InChI is InChI=1S/C39H71NO13/c1-3-5-7-8-14-42-15-16-43-17-18-44-19-20-45-21-22-46-23-24-47-25-26-48-27-28-49-29-30-50-31-32-51-33-34-52-35-36-53-39(41)37-9-11-38(12-10-37)40-13-6-4-2/h9-12,40H,3-8,13-36H2,1-2H3. The van der Waals surface area contributed by atoms with E-state index in [4.69, 9.17) is 56.8 Å². The Bertz CT molecular complexity index is 881. The summed E-state index contributed by atoms with van der Waals surface area (Å²) in [6, 6.07) is 7.30. The number of carbonyl (C=O) groups excluding carboxylic acids is 1. The molecule has 1 aromatic carbocycles. The maximum absolute atomic E-state index is 12.1. The van der Waals surface area contributed by atoms with Gasteiger partial charge in [-0.3, -0.25) is 0 Å². The SMILES string of the molecule is CCCCCCOCCOCCOCCOCCOCCOCCOCCOCCOCCOCCOCCOC(=O)c1ccc(NCCCC)cc1. The monoisotopic (exact) mass is 761 g/mol. The van der Waals surface area contributed by atoms with Gasteiger partial charge in [0.1, 0.15) is 6.61 Å². The van der Waals surface area contributed by atoms with Gasteiger partial charge >= 0.3 is 5.97 Å². The van der Waals surface area contributed by atoms with Gasteiger partial charge in [0.15, 0.2) is 0 Å². The van der Waals surface area contributed by atoms with Crippen LogP contribution in [0.4, 0.5) is 5.69 Å². The van der Waals surface area contributed by atoms with Gasteiger partial charge in [-0.1, -0.05) is 39.5 Å². The molecule has 14 nitrogen and oxygen atoms in total. The van der Waals surface area contributed by atoms with Crippen molar-refractivity contribution >= 4 is 11.7 Å². The Hall–Kier alpha value is -1.95. The third kappa shape index (κ3) is 35.5. The van der Waals surface area contributed by atoms with Gasteiger partial charge in [0.05, 0.1) is 144 Å². The number of benzene rings is 1. The van der Waals surface area contributed by atoms with Gasteiger partial charge in [0, 0.05) is 18.8 Å². The minimum Gasteiger partial charge on any atom is -0.460 e. The lowest BCUT2D eigenvalue weighted by molar-refractivity contribution is -0.0280. The predicted molar refractivity (Wildman–Crippen MR) is 203 cm³/mol. The van der Waals surface area contributed by atoms with E-state index in [-0.39, 0.29) is 12.6 Å². The molecule has 1 aromatic rings. The van der Waals surface area contributed by atoms with Gasteiger partial charge in [-0.25, -0.2) is 4.79 Å². The van der Waals surface area contributed by atoms with Crippen molar-refractivity contribution in [3.63, 3.8) is 0 Å². The molecule has 0 aromatic heterocycles. The average molecular weight is 762 g/mol. The fourth-order valence-corrected chi connectivity index (χ4v) is 4.34. The van der Waals surface area contributed by atoms with Crippen LogP contribution in [0, 0.1) is 0 Å². The summed E-state index contributed by atoms with van der Waals surface area (Å²) in [5.41, 5.74) is 1.52. The molecule has 53 heavy (non-hydrogen) atoms. The first kappa shape index (κ1) is 49.1. The number of ether oxygens (including phenoxy) is 12. The van der Waals surface area contributed by atoms with Crippen LogP contribution in [0.2, 0.25) is 0 Å². The zero-order valence-corrected chi connectivity index (χ0v) is 32.8. The molecule has 0 heterocycles. The maximum Gasteiger partial charge on any atom is 0.338 e. The van der Waals surface area contributed by atoms with Crippen molar-refractivity contribution < 1.29 is 61.6 Å². The highest BCUT2D eigenvalue weighted by Crippen LogP contribution is 2.11. The van der Waals surface area contributed by atoms with E-state index in [0.29, 0.717) is 144 Å². The molecule has 0 aliphatic heterocycles. The average Bonchev–Trinajstić information content (AvgIpc) is 3.17. The molecule has 0 bridgehead atoms. The summed E-state index contributed by atoms with van der Waals surface area (Å²) in [5, 5.41) is 3.32. The van der Waals surface area contributed by atoms with Gasteiger partial charge in [0.2, 0.25) is 0 Å². The number of rotatable bonds is 43. The number of hydrogen-bond acceptors (Lipinski definition) is 14. The highest BCUT2D eigenvalue weighted by Gasteiger charge is 2.07. The number of hydrogen-bond donors (Lipinski definition) is 1. The lowest BCUT2D eigenvalue weighted by Crippen LogP contribution is -2.15. The normalized spacial score (nSPS) is 11.4. The Kier molecular flexibility index (Phi) is 38.2. The van der Waals surface area contributed by atoms with Crippen LogP contribution in [0.25, 0.3) is 0 Å². The lowest BCUT2D eigenvalue weighted by atomic mass is 10.2. The molecular weight excluding hydrogens is 690 g/mol. The quantitative estimate of drug-likeness (QED) is 0.0719. The van der Waals surface area contributed by atoms with Crippen molar-refractivity contribution in [1.29, 1.82) is 0 Å². The van der Waals surface area contributed by atoms with Crippen molar-refractivity contribution in [2.45, 2.75) is 52.4 Å². The van der Waals surface area contributed by atoms with Gasteiger partial charge in [-0.05, 0) is 37.1 Å². The number of anilines is 1. The van der Waals surface area contributed by atoms with Crippen molar-refractivity contribution in [3.8, 4) is 0 Å². The molecule has 0 spiro atoms. The van der Waals surface area contributed by atoms with E-state index in [2.05, 4.69) is 19.2 Å². The molecule has 0 unspecified atom stereocenters. The molecule has 0 saturated heterocycles. The highest BCUT2D eigenvalue weighted by atomic mass is 16.6. The second-order valence-electron chi connectivity index (χ2n) is 11.8. The molecule has 1 N–H and O–H groups in total. The number of carbonyl (C=O) groups is 1. The van der Waals surface area contributed by atoms with Gasteiger partial charge < -0.3 is 62.2 Å². The van der Waals surface area contributed by atoms with E-state index in [0.717, 1.165) is 38.1 Å². The minimum absolute atomic E-state index is 0.190. The molecule has 0 fully saturated rings. The van der Waals surface area contributed by atoms with E-state index in [1.807, 2.05) is 12.1 Å². The Labute approximate surface area is 319 Å². The summed E-state index contributed by atoms with van der Waals surface area (Å²) in [7, 11) is 0. The van der Waals surface area contributed by atoms with Gasteiger partial charge in [-0.15, -0.1) is 0 Å². The molecule has 14 heteroatoms. The van der Waals surface area contributed by atoms with Crippen LogP contribution in [0.1, 0.15) is 62.7 Å². The summed E-state index contributed by atoms with van der Waals surface area (Å²) < 4.78 is 65.7. The second-order valence-corrected chi connectivity index (χ2v) is 11.8. The van der Waals surface area contributed by atoms with Gasteiger partial charge in [-0.2, -0.15) is 0 Å². The van der Waals surface area contributed by atoms with Crippen LogP contribution in [0.3, 0.4) is 0 Å². The third-order valence-electron chi connectivity index (χ3n) is 7.30. The number of nitrogens with one attached hydrogen (secondary N) is 1. The predicted octanol–water partition coefficient (Wildman–Crippen LogP) is 4.82. The first-order valence-corrected chi connectivity index (χ1v) is 19.6. The van der Waals surface area contributed by atoms with Crippen LogP contribution >= 0.6 is 0 Å². The van der Waals surface area contributed by atoms with Crippen molar-refractivity contribution in [2.24, 2.45) is 0 Å². The van der Waals surface area contributed by atoms with E-state index in [9.17, 15) is 4.79 Å². The summed E-state index contributed by atoms with van der Waals surface area (Å²) in [5.74, 6) is -0.360. The van der Waals surface area contributed by atoms with Crippen LogP contribution in [-0.2, 0) is 56.8 Å². The molecule has 0 saturated carbocycles. The van der Waals surface area contributed by atoms with Crippen LogP contribution in [-0.4, -0.2) is 164 Å². The lowest BCUT2D eigenvalue weighted by Gasteiger charge is -2.09. The van der Waals surface area contributed by atoms with Crippen molar-refractivity contribution in [2.75, 3.05) is 164 Å². The van der Waals surface area contributed by atoms with E-state index in [1.54, 1.807) is 12.1 Å². The fourth-order valence-electron chi connectivity index (χ4n) is 4.34. The molecule has 0 atom stereocenters. The molecule has 1 rings (SSSR count). The molecule has 310 valence electrons. The fraction of sp³-hybridized carbons (Fsp3) is 0.821. The largest absolute Gasteiger partial charge is 0.460 e. The zero-order chi connectivity index (χ0) is 38.0. The minimum atomic E-state index is -0.360. The highest BCUT2D eigenvalue weighted by molar-refractivity contribution is 5.89. The van der Waals surface area contributed by atoms with E-state index < -0.39 is 0 Å². The first-order valence-electron chi connectivity index (χ1n) is 19.6. The second kappa shape index (κ2) is 41.2. The number of esters is 1. The van der Waals surface area contributed by atoms with E-state index in [1.165, 1.54) is 19.3 Å². The topological polar surface area (TPSA) is 140 Å². The molecule has 0 radical (unpaired) electrons. The van der Waals surface area contributed by atoms with Crippen LogP contribution < -0.4 is 5.32 Å². The summed E-state index contributed by atoms with van der Waals surface area (Å²) in [6.07, 6.45) is 7.12. The Morgan fingerprint density at radius 2 is 0.717 bits per heavy atom. The van der Waals surface area contributed by atoms with Crippen LogP contribution in [0.15, 0.2) is 24.3 Å². The molecule has 0 amide bonds.